The maximum absolute atomic E-state index is 12.4. The van der Waals surface area contributed by atoms with Gasteiger partial charge in [0, 0.05) is 14.1 Å². The zero-order valence-corrected chi connectivity index (χ0v) is 14.0. The summed E-state index contributed by atoms with van der Waals surface area (Å²) in [7, 11) is 5.11. The Bertz CT molecular complexity index is 531. The van der Waals surface area contributed by atoms with Crippen LogP contribution in [0.25, 0.3) is 0 Å². The van der Waals surface area contributed by atoms with Gasteiger partial charge in [0.1, 0.15) is 26.2 Å². The molecule has 3 heterocycles. The molecular weight excluding hydrogens is 300 g/mol. The topological polar surface area (TPSA) is 81.4 Å². The van der Waals surface area contributed by atoms with Gasteiger partial charge in [0.05, 0.1) is 20.3 Å². The smallest absolute Gasteiger partial charge is 0.348 e. The summed E-state index contributed by atoms with van der Waals surface area (Å²) < 4.78 is 7.25. The molecule has 2 saturated heterocycles. The summed E-state index contributed by atoms with van der Waals surface area (Å²) in [5.74, 6) is 0.625. The molecule has 23 heavy (non-hydrogen) atoms. The number of ether oxygens (including phenoxy) is 1. The molecule has 0 unspecified atom stereocenters. The minimum absolute atomic E-state index is 0.177. The molecule has 0 radical (unpaired) electrons. The van der Waals surface area contributed by atoms with Crippen molar-refractivity contribution in [3.05, 3.63) is 0 Å². The third-order valence-electron chi connectivity index (χ3n) is 4.91. The van der Waals surface area contributed by atoms with Crippen molar-refractivity contribution in [2.24, 2.45) is 0 Å². The SMILES string of the molecule is CN1C(=O)[C@@H]2[C@H](NC(NCC[NH+]3CCOCC3)=[N+]2C)N(C)C1=O. The van der Waals surface area contributed by atoms with Crippen molar-refractivity contribution in [3.8, 4) is 0 Å². The van der Waals surface area contributed by atoms with Crippen LogP contribution in [0, 0.1) is 0 Å². The summed E-state index contributed by atoms with van der Waals surface area (Å²) >= 11 is 0. The minimum atomic E-state index is -0.388. The van der Waals surface area contributed by atoms with E-state index in [4.69, 9.17) is 4.74 Å². The molecule has 3 N–H and O–H groups in total. The Morgan fingerprint density at radius 3 is 2.74 bits per heavy atom. The van der Waals surface area contributed by atoms with Gasteiger partial charge < -0.3 is 9.64 Å². The van der Waals surface area contributed by atoms with Crippen LogP contribution in [0.1, 0.15) is 0 Å². The Hall–Kier alpha value is -1.87. The molecule has 128 valence electrons. The maximum Gasteiger partial charge on any atom is 0.348 e. The second-order valence-corrected chi connectivity index (χ2v) is 6.32. The van der Waals surface area contributed by atoms with Crippen LogP contribution >= 0.6 is 0 Å². The summed E-state index contributed by atoms with van der Waals surface area (Å²) in [5.41, 5.74) is 0. The summed E-state index contributed by atoms with van der Waals surface area (Å²) in [5, 5.41) is 6.63. The Morgan fingerprint density at radius 2 is 2.04 bits per heavy atom. The number of rotatable bonds is 3. The average Bonchev–Trinajstić information content (AvgIpc) is 2.89. The standard InChI is InChI=1S/C14H24N6O3/c1-17-10-11(18(2)14(22)19(3)12(10)21)16-13(17)15-4-5-20-6-8-23-9-7-20/h10-11H,4-9H2,1-3H3,(H,15,16)/p+2/t10-,11+/m0/s1. The molecular formula is C14H26N6O3+2. The van der Waals surface area contributed by atoms with Gasteiger partial charge in [0.25, 0.3) is 5.91 Å². The first kappa shape index (κ1) is 16.0. The van der Waals surface area contributed by atoms with Gasteiger partial charge in [-0.25, -0.2) is 4.79 Å². The molecule has 2 atom stereocenters. The number of carbonyl (C=O) groups is 2. The number of morpholine rings is 1. The van der Waals surface area contributed by atoms with Crippen molar-refractivity contribution < 1.29 is 23.8 Å². The van der Waals surface area contributed by atoms with Gasteiger partial charge in [0.15, 0.2) is 6.17 Å². The number of quaternary nitrogens is 1. The zero-order valence-electron chi connectivity index (χ0n) is 14.0. The highest BCUT2D eigenvalue weighted by molar-refractivity contribution is 6.01. The molecule has 0 aromatic carbocycles. The van der Waals surface area contributed by atoms with E-state index >= 15 is 0 Å². The normalized spacial score (nSPS) is 29.0. The summed E-state index contributed by atoms with van der Waals surface area (Å²) in [6.07, 6.45) is -0.325. The van der Waals surface area contributed by atoms with Crippen LogP contribution in [-0.4, -0.2) is 105 Å². The molecule has 0 spiro atoms. The number of hydrogen-bond acceptors (Lipinski definition) is 5. The first-order chi connectivity index (χ1) is 11.0. The molecule has 0 aromatic heterocycles. The van der Waals surface area contributed by atoms with Gasteiger partial charge in [-0.2, -0.15) is 0 Å². The van der Waals surface area contributed by atoms with E-state index in [1.54, 1.807) is 11.9 Å². The van der Waals surface area contributed by atoms with Crippen LogP contribution in [0.4, 0.5) is 4.79 Å². The minimum Gasteiger partial charge on any atom is -0.370 e. The first-order valence-electron chi connectivity index (χ1n) is 8.06. The molecule has 9 heteroatoms. The van der Waals surface area contributed by atoms with E-state index in [0.717, 1.165) is 45.4 Å². The molecule has 3 aliphatic rings. The quantitative estimate of drug-likeness (QED) is 0.465. The molecule has 0 bridgehead atoms. The molecule has 9 nitrogen and oxygen atoms in total. The zero-order chi connectivity index (χ0) is 16.6. The van der Waals surface area contributed by atoms with Crippen molar-refractivity contribution in [2.75, 3.05) is 60.5 Å². The van der Waals surface area contributed by atoms with Gasteiger partial charge >= 0.3 is 12.0 Å². The molecule has 0 saturated carbocycles. The highest BCUT2D eigenvalue weighted by Crippen LogP contribution is 2.18. The second kappa shape index (κ2) is 6.32. The molecule has 3 rings (SSSR count). The largest absolute Gasteiger partial charge is 0.370 e. The van der Waals surface area contributed by atoms with Crippen molar-refractivity contribution in [1.29, 1.82) is 0 Å². The molecule has 0 aromatic rings. The number of imide groups is 1. The fourth-order valence-corrected chi connectivity index (χ4v) is 3.37. The van der Waals surface area contributed by atoms with Crippen LogP contribution in [0.5, 0.6) is 0 Å². The lowest BCUT2D eigenvalue weighted by atomic mass is 10.1. The number of nitrogens with one attached hydrogen (secondary N) is 3. The summed E-state index contributed by atoms with van der Waals surface area (Å²) in [4.78, 5) is 28.7. The highest BCUT2D eigenvalue weighted by Gasteiger charge is 2.52. The Morgan fingerprint density at radius 1 is 1.35 bits per heavy atom. The van der Waals surface area contributed by atoms with E-state index in [2.05, 4.69) is 10.6 Å². The fourth-order valence-electron chi connectivity index (χ4n) is 3.37. The third kappa shape index (κ3) is 2.86. The number of guanidine groups is 1. The van der Waals surface area contributed by atoms with Crippen molar-refractivity contribution >= 4 is 17.9 Å². The van der Waals surface area contributed by atoms with E-state index in [-0.39, 0.29) is 24.1 Å². The van der Waals surface area contributed by atoms with E-state index in [0.29, 0.717) is 0 Å². The second-order valence-electron chi connectivity index (χ2n) is 6.32. The number of fused-ring (bicyclic) bond motifs is 1. The Kier molecular flexibility index (Phi) is 4.40. The number of carbonyl (C=O) groups excluding carboxylic acids is 2. The molecule has 3 amide bonds. The predicted molar refractivity (Wildman–Crippen MR) is 82.2 cm³/mol. The number of hydrogen-bond donors (Lipinski definition) is 3. The van der Waals surface area contributed by atoms with Crippen molar-refractivity contribution in [3.63, 3.8) is 0 Å². The number of likely N-dealkylation sites (N-methyl/N-ethyl adjacent to an activating group) is 3. The lowest BCUT2D eigenvalue weighted by molar-refractivity contribution is -0.906. The lowest BCUT2D eigenvalue weighted by Gasteiger charge is -2.35. The summed E-state index contributed by atoms with van der Waals surface area (Å²) in [6.45, 7) is 5.52. The molecule has 0 aliphatic carbocycles. The van der Waals surface area contributed by atoms with Crippen LogP contribution in [0.2, 0.25) is 0 Å². The Labute approximate surface area is 135 Å². The van der Waals surface area contributed by atoms with Crippen LogP contribution < -0.4 is 15.5 Å². The van der Waals surface area contributed by atoms with E-state index in [9.17, 15) is 9.59 Å². The monoisotopic (exact) mass is 326 g/mol. The van der Waals surface area contributed by atoms with Crippen molar-refractivity contribution in [1.82, 2.24) is 20.4 Å². The van der Waals surface area contributed by atoms with Gasteiger partial charge in [0.2, 0.25) is 6.04 Å². The molecule has 2 fully saturated rings. The van der Waals surface area contributed by atoms with Gasteiger partial charge in [-0.05, 0) is 0 Å². The average molecular weight is 326 g/mol. The molecule has 3 aliphatic heterocycles. The predicted octanol–water partition coefficient (Wildman–Crippen LogP) is -3.69. The summed E-state index contributed by atoms with van der Waals surface area (Å²) in [6, 6.07) is -0.669. The fraction of sp³-hybridized carbons (Fsp3) is 0.786. The highest BCUT2D eigenvalue weighted by atomic mass is 16.5. The van der Waals surface area contributed by atoms with Gasteiger partial charge in [-0.15, -0.1) is 0 Å². The van der Waals surface area contributed by atoms with Crippen LogP contribution in [0.3, 0.4) is 0 Å². The van der Waals surface area contributed by atoms with E-state index < -0.39 is 0 Å². The van der Waals surface area contributed by atoms with Gasteiger partial charge in [-0.1, -0.05) is 0 Å². The number of nitrogens with zero attached hydrogens (tertiary/aromatic N) is 3. The first-order valence-corrected chi connectivity index (χ1v) is 8.06. The third-order valence-corrected chi connectivity index (χ3v) is 4.91. The number of amides is 3. The van der Waals surface area contributed by atoms with Gasteiger partial charge in [-0.3, -0.25) is 29.8 Å². The van der Waals surface area contributed by atoms with Crippen LogP contribution in [0.15, 0.2) is 0 Å². The Balaban J connectivity index is 1.61. The van der Waals surface area contributed by atoms with Crippen molar-refractivity contribution in [2.45, 2.75) is 12.2 Å². The van der Waals surface area contributed by atoms with Crippen LogP contribution in [-0.2, 0) is 9.53 Å². The van der Waals surface area contributed by atoms with E-state index in [1.165, 1.54) is 16.8 Å². The maximum atomic E-state index is 12.4. The lowest BCUT2D eigenvalue weighted by Crippen LogP contribution is -3.14. The number of urea groups is 1. The van der Waals surface area contributed by atoms with E-state index in [1.807, 2.05) is 11.6 Å².